The Labute approximate surface area is 243 Å². The largest absolute Gasteiger partial charge is 0.394 e. The summed E-state index contributed by atoms with van der Waals surface area (Å²) in [6, 6.07) is 8.48. The molecule has 1 aromatic rings. The molecule has 1 N–H and O–H groups in total. The van der Waals surface area contributed by atoms with E-state index in [1.54, 1.807) is 38.6 Å². The van der Waals surface area contributed by atoms with Crippen LogP contribution in [0.25, 0.3) is 0 Å². The van der Waals surface area contributed by atoms with Crippen LogP contribution < -0.4 is 0 Å². The van der Waals surface area contributed by atoms with Gasteiger partial charge in [0.05, 0.1) is 29.2 Å². The van der Waals surface area contributed by atoms with Crippen molar-refractivity contribution < 1.29 is 19.5 Å². The number of aliphatic hydroxyl groups excluding tert-OH is 1. The van der Waals surface area contributed by atoms with Crippen LogP contribution >= 0.6 is 11.8 Å². The molecule has 3 saturated heterocycles. The molecule has 3 heterocycles. The summed E-state index contributed by atoms with van der Waals surface area (Å²) in [6.45, 7) is 18.7. The van der Waals surface area contributed by atoms with Crippen molar-refractivity contribution in [3.63, 3.8) is 0 Å². The summed E-state index contributed by atoms with van der Waals surface area (Å²) in [4.78, 5) is 48.6. The minimum absolute atomic E-state index is 0.0458. The highest BCUT2D eigenvalue weighted by atomic mass is 32.2. The summed E-state index contributed by atoms with van der Waals surface area (Å²) in [7, 11) is 0. The van der Waals surface area contributed by atoms with Crippen LogP contribution in [0.3, 0.4) is 0 Å². The molecule has 8 heteroatoms. The number of likely N-dealkylation sites (tertiary alicyclic amines) is 1. The van der Waals surface area contributed by atoms with Gasteiger partial charge in [-0.25, -0.2) is 0 Å². The molecular formula is C32H45N3O4S. The van der Waals surface area contributed by atoms with E-state index < -0.39 is 28.7 Å². The number of nitrogens with zero attached hydrogens (tertiary/aromatic N) is 3. The number of thioether (sulfide) groups is 1. The van der Waals surface area contributed by atoms with Crippen LogP contribution in [0.5, 0.6) is 0 Å². The first-order chi connectivity index (χ1) is 19.0. The van der Waals surface area contributed by atoms with E-state index >= 15 is 0 Å². The number of hydrogen-bond donors (Lipinski definition) is 1. The number of aliphatic hydroxyl groups is 1. The van der Waals surface area contributed by atoms with Crippen molar-refractivity contribution in [1.82, 2.24) is 14.7 Å². The third-order valence-corrected chi connectivity index (χ3v) is 11.2. The molecule has 0 saturated carbocycles. The van der Waals surface area contributed by atoms with Crippen molar-refractivity contribution in [2.75, 3.05) is 19.7 Å². The van der Waals surface area contributed by atoms with E-state index in [9.17, 15) is 19.5 Å². The van der Waals surface area contributed by atoms with Gasteiger partial charge in [-0.05, 0) is 37.7 Å². The minimum Gasteiger partial charge on any atom is -0.394 e. The predicted molar refractivity (Wildman–Crippen MR) is 160 cm³/mol. The fraction of sp³-hybridized carbons (Fsp3) is 0.594. The maximum atomic E-state index is 14.6. The molecule has 3 amide bonds. The highest BCUT2D eigenvalue weighted by Crippen LogP contribution is 2.69. The number of fused-ring (bicyclic) bond motifs is 1. The number of carbonyl (C=O) groups is 3. The second kappa shape index (κ2) is 12.1. The number of amides is 3. The first-order valence-electron chi connectivity index (χ1n) is 14.5. The molecule has 3 fully saturated rings. The Hall–Kier alpha value is -2.58. The van der Waals surface area contributed by atoms with E-state index in [0.717, 1.165) is 12.0 Å². The molecule has 7 nitrogen and oxygen atoms in total. The minimum atomic E-state index is -0.753. The summed E-state index contributed by atoms with van der Waals surface area (Å²) in [5.74, 6) is -1.51. The molecule has 3 aliphatic heterocycles. The van der Waals surface area contributed by atoms with E-state index in [4.69, 9.17) is 0 Å². The molecular weight excluding hydrogens is 522 g/mol. The third kappa shape index (κ3) is 4.91. The van der Waals surface area contributed by atoms with Gasteiger partial charge in [-0.3, -0.25) is 14.4 Å². The zero-order valence-corrected chi connectivity index (χ0v) is 25.3. The van der Waals surface area contributed by atoms with Gasteiger partial charge >= 0.3 is 0 Å². The summed E-state index contributed by atoms with van der Waals surface area (Å²) in [6.07, 6.45) is 4.21. The van der Waals surface area contributed by atoms with Gasteiger partial charge in [-0.15, -0.1) is 24.9 Å². The summed E-state index contributed by atoms with van der Waals surface area (Å²) >= 11 is 1.68. The van der Waals surface area contributed by atoms with Crippen LogP contribution in [0.1, 0.15) is 46.6 Å². The SMILES string of the molecule is C=CCN(Cc1ccccc1)C(=O)[C@@H]1[C@H]2C(=O)N([C@@H](CO)C(C)C)C(C(=O)N(CC=C)C(C)C)C23S[C@@H]1CC3C. The quantitative estimate of drug-likeness (QED) is 0.387. The molecule has 2 bridgehead atoms. The first-order valence-corrected chi connectivity index (χ1v) is 15.4. The van der Waals surface area contributed by atoms with Gasteiger partial charge in [0, 0.05) is 30.9 Å². The van der Waals surface area contributed by atoms with E-state index in [0.29, 0.717) is 19.6 Å². The molecule has 0 aromatic heterocycles. The molecule has 1 spiro atoms. The predicted octanol–water partition coefficient (Wildman–Crippen LogP) is 3.98. The Morgan fingerprint density at radius 1 is 1.12 bits per heavy atom. The lowest BCUT2D eigenvalue weighted by molar-refractivity contribution is -0.148. The fourth-order valence-corrected chi connectivity index (χ4v) is 9.65. The number of benzene rings is 1. The lowest BCUT2D eigenvalue weighted by Gasteiger charge is -2.43. The lowest BCUT2D eigenvalue weighted by Crippen LogP contribution is -2.60. The summed E-state index contributed by atoms with van der Waals surface area (Å²) < 4.78 is -0.734. The highest BCUT2D eigenvalue weighted by Gasteiger charge is 2.77. The average Bonchev–Trinajstić information content (AvgIpc) is 3.51. The third-order valence-electron chi connectivity index (χ3n) is 9.13. The van der Waals surface area contributed by atoms with Gasteiger partial charge in [0.15, 0.2) is 0 Å². The van der Waals surface area contributed by atoms with Crippen molar-refractivity contribution in [1.29, 1.82) is 0 Å². The van der Waals surface area contributed by atoms with Crippen LogP contribution in [0, 0.1) is 23.7 Å². The van der Waals surface area contributed by atoms with Gasteiger partial charge in [0.2, 0.25) is 17.7 Å². The Balaban J connectivity index is 1.80. The van der Waals surface area contributed by atoms with Crippen molar-refractivity contribution in [3.8, 4) is 0 Å². The molecule has 1 aromatic carbocycles. The van der Waals surface area contributed by atoms with E-state index in [-0.39, 0.29) is 47.5 Å². The Morgan fingerprint density at radius 2 is 1.77 bits per heavy atom. The van der Waals surface area contributed by atoms with E-state index in [1.807, 2.05) is 58.0 Å². The normalized spacial score (nSPS) is 29.6. The first kappa shape index (κ1) is 30.4. The van der Waals surface area contributed by atoms with E-state index in [1.165, 1.54) is 0 Å². The maximum Gasteiger partial charge on any atom is 0.247 e. The van der Waals surface area contributed by atoms with E-state index in [2.05, 4.69) is 20.1 Å². The zero-order valence-electron chi connectivity index (χ0n) is 24.5. The number of carbonyl (C=O) groups excluding carboxylic acids is 3. The van der Waals surface area contributed by atoms with Crippen LogP contribution in [-0.4, -0.2) is 85.3 Å². The Bertz CT molecular complexity index is 1120. The smallest absolute Gasteiger partial charge is 0.247 e. The van der Waals surface area contributed by atoms with Gasteiger partial charge in [0.1, 0.15) is 6.04 Å². The van der Waals surface area contributed by atoms with Gasteiger partial charge in [0.25, 0.3) is 0 Å². The van der Waals surface area contributed by atoms with Crippen LogP contribution in [0.2, 0.25) is 0 Å². The standard InChI is InChI=1S/C32H45N3O4S/c1-8-15-33(18-23-13-11-10-12-14-23)29(37)26-25-17-22(7)32(40-25)27(26)30(38)35(24(19-36)20(3)4)28(32)31(39)34(16-9-2)21(5)6/h8-14,20-22,24-28,36H,1-2,15-19H2,3-7H3/t22?,24-,25+,26-,27-,28?,32?/m0/s1. The van der Waals surface area contributed by atoms with Crippen molar-refractivity contribution in [2.24, 2.45) is 23.7 Å². The lowest BCUT2D eigenvalue weighted by atomic mass is 9.65. The zero-order chi connectivity index (χ0) is 29.4. The molecule has 218 valence electrons. The average molecular weight is 568 g/mol. The Kier molecular flexibility index (Phi) is 9.20. The Morgan fingerprint density at radius 3 is 2.33 bits per heavy atom. The van der Waals surface area contributed by atoms with Gasteiger partial charge < -0.3 is 19.8 Å². The second-order valence-electron chi connectivity index (χ2n) is 12.2. The molecule has 0 aliphatic carbocycles. The van der Waals surface area contributed by atoms with Gasteiger partial charge in [-0.2, -0.15) is 0 Å². The second-order valence-corrected chi connectivity index (χ2v) is 13.7. The number of rotatable bonds is 12. The van der Waals surface area contributed by atoms with Crippen LogP contribution in [-0.2, 0) is 20.9 Å². The maximum absolute atomic E-state index is 14.6. The molecule has 4 rings (SSSR count). The van der Waals surface area contributed by atoms with Crippen molar-refractivity contribution >= 4 is 29.5 Å². The molecule has 0 radical (unpaired) electrons. The highest BCUT2D eigenvalue weighted by molar-refractivity contribution is 8.02. The summed E-state index contributed by atoms with van der Waals surface area (Å²) in [5.41, 5.74) is 1.01. The molecule has 40 heavy (non-hydrogen) atoms. The molecule has 3 aliphatic rings. The number of hydrogen-bond acceptors (Lipinski definition) is 5. The summed E-state index contributed by atoms with van der Waals surface area (Å²) in [5, 5.41) is 10.4. The van der Waals surface area contributed by atoms with Gasteiger partial charge in [-0.1, -0.05) is 63.3 Å². The molecule has 7 atom stereocenters. The van der Waals surface area contributed by atoms with Crippen LogP contribution in [0.4, 0.5) is 0 Å². The topological polar surface area (TPSA) is 81.2 Å². The monoisotopic (exact) mass is 567 g/mol. The van der Waals surface area contributed by atoms with Crippen molar-refractivity contribution in [3.05, 3.63) is 61.2 Å². The fourth-order valence-electron chi connectivity index (χ4n) is 7.25. The molecule has 3 unspecified atom stereocenters. The van der Waals surface area contributed by atoms with Crippen molar-refractivity contribution in [2.45, 2.75) is 75.7 Å². The van der Waals surface area contributed by atoms with Crippen LogP contribution in [0.15, 0.2) is 55.6 Å².